The Hall–Kier alpha value is -1.99. The Labute approximate surface area is 196 Å². The number of carbonyl (C=O) groups is 2. The van der Waals surface area contributed by atoms with Crippen LogP contribution in [0.5, 0.6) is 0 Å². The lowest BCUT2D eigenvalue weighted by atomic mass is 10.2. The first-order valence-electron chi connectivity index (χ1n) is 8.94. The van der Waals surface area contributed by atoms with E-state index in [-0.39, 0.29) is 11.1 Å². The van der Waals surface area contributed by atoms with E-state index in [0.717, 1.165) is 38.9 Å². The summed E-state index contributed by atoms with van der Waals surface area (Å²) in [5.74, 6) is -0.344. The van der Waals surface area contributed by atoms with Crippen LogP contribution < -0.4 is 4.90 Å². The SMILES string of the molecule is Cc1cc(/C=C2/SC(=O)N(c3ccc(Cl)cc3)C2=O)c(C)n1-c1ccc(Br)c(Cl)c1. The third-order valence-electron chi connectivity index (χ3n) is 4.80. The molecule has 1 aliphatic rings. The quantitative estimate of drug-likeness (QED) is 0.337. The molecular formula is C22H15BrCl2N2O2S. The molecule has 0 bridgehead atoms. The number of amides is 2. The molecule has 4 nitrogen and oxygen atoms in total. The van der Waals surface area contributed by atoms with Gasteiger partial charge in [-0.15, -0.1) is 0 Å². The van der Waals surface area contributed by atoms with Gasteiger partial charge >= 0.3 is 0 Å². The Balaban J connectivity index is 1.70. The molecule has 152 valence electrons. The molecule has 0 saturated carbocycles. The number of imide groups is 1. The lowest BCUT2D eigenvalue weighted by Gasteiger charge is -2.12. The molecule has 0 N–H and O–H groups in total. The maximum Gasteiger partial charge on any atom is 0.298 e. The molecule has 0 atom stereocenters. The van der Waals surface area contributed by atoms with E-state index < -0.39 is 0 Å². The summed E-state index contributed by atoms with van der Waals surface area (Å²) in [4.78, 5) is 26.9. The van der Waals surface area contributed by atoms with Crippen molar-refractivity contribution in [3.8, 4) is 5.69 Å². The molecule has 8 heteroatoms. The molecule has 1 aliphatic heterocycles. The van der Waals surface area contributed by atoms with Crippen molar-refractivity contribution >= 4 is 73.8 Å². The van der Waals surface area contributed by atoms with Gasteiger partial charge in [0.05, 0.1) is 15.6 Å². The Kier molecular flexibility index (Phi) is 5.86. The van der Waals surface area contributed by atoms with Gasteiger partial charge in [0.15, 0.2) is 0 Å². The molecule has 2 aromatic carbocycles. The summed E-state index contributed by atoms with van der Waals surface area (Å²) in [5, 5.41) is 0.828. The minimum Gasteiger partial charge on any atom is -0.318 e. The molecule has 1 aromatic heterocycles. The summed E-state index contributed by atoms with van der Waals surface area (Å²) >= 11 is 16.5. The molecule has 4 rings (SSSR count). The average molecular weight is 522 g/mol. The summed E-state index contributed by atoms with van der Waals surface area (Å²) in [5.41, 5.74) is 4.23. The number of carbonyl (C=O) groups excluding carboxylic acids is 2. The van der Waals surface area contributed by atoms with Crippen LogP contribution in [0.1, 0.15) is 17.0 Å². The highest BCUT2D eigenvalue weighted by atomic mass is 79.9. The standard InChI is InChI=1S/C22H15BrCl2N2O2S/c1-12-9-14(13(2)26(12)17-7-8-18(23)19(25)11-17)10-20-21(28)27(22(29)30-20)16-5-3-15(24)4-6-16/h3-11H,1-2H3/b20-10+. The highest BCUT2D eigenvalue weighted by molar-refractivity contribution is 9.10. The zero-order valence-electron chi connectivity index (χ0n) is 15.9. The molecule has 2 amide bonds. The second-order valence-electron chi connectivity index (χ2n) is 6.75. The summed E-state index contributed by atoms with van der Waals surface area (Å²) in [6.45, 7) is 3.96. The minimum absolute atomic E-state index is 0.331. The van der Waals surface area contributed by atoms with E-state index in [1.165, 1.54) is 4.90 Å². The number of aromatic nitrogens is 1. The van der Waals surface area contributed by atoms with Crippen LogP contribution in [-0.2, 0) is 4.79 Å². The minimum atomic E-state index is -0.344. The van der Waals surface area contributed by atoms with E-state index in [9.17, 15) is 9.59 Å². The van der Waals surface area contributed by atoms with Crippen molar-refractivity contribution in [2.45, 2.75) is 13.8 Å². The molecule has 3 aromatic rings. The third kappa shape index (κ3) is 3.85. The van der Waals surface area contributed by atoms with Crippen LogP contribution in [0.4, 0.5) is 10.5 Å². The van der Waals surface area contributed by atoms with Crippen LogP contribution in [0, 0.1) is 13.8 Å². The molecule has 2 heterocycles. The van der Waals surface area contributed by atoms with Gasteiger partial charge in [0.25, 0.3) is 11.1 Å². The molecule has 30 heavy (non-hydrogen) atoms. The number of benzene rings is 2. The second-order valence-corrected chi connectivity index (χ2v) is 9.44. The highest BCUT2D eigenvalue weighted by Crippen LogP contribution is 2.37. The maximum atomic E-state index is 12.9. The third-order valence-corrected chi connectivity index (χ3v) is 7.15. The number of rotatable bonds is 3. The second kappa shape index (κ2) is 8.27. The number of hydrogen-bond acceptors (Lipinski definition) is 3. The highest BCUT2D eigenvalue weighted by Gasteiger charge is 2.36. The maximum absolute atomic E-state index is 12.9. The summed E-state index contributed by atoms with van der Waals surface area (Å²) in [6, 6.07) is 14.4. The predicted octanol–water partition coefficient (Wildman–Crippen LogP) is 7.40. The van der Waals surface area contributed by atoms with Crippen LogP contribution in [-0.4, -0.2) is 15.7 Å². The smallest absolute Gasteiger partial charge is 0.298 e. The van der Waals surface area contributed by atoms with Gasteiger partial charge in [0.1, 0.15) is 0 Å². The summed E-state index contributed by atoms with van der Waals surface area (Å²) in [6.07, 6.45) is 1.76. The van der Waals surface area contributed by atoms with Gasteiger partial charge in [-0.1, -0.05) is 23.2 Å². The molecule has 1 saturated heterocycles. The van der Waals surface area contributed by atoms with E-state index in [4.69, 9.17) is 23.2 Å². The van der Waals surface area contributed by atoms with Crippen molar-refractivity contribution in [2.75, 3.05) is 4.90 Å². The summed E-state index contributed by atoms with van der Waals surface area (Å²) < 4.78 is 2.89. The van der Waals surface area contributed by atoms with Gasteiger partial charge in [0.2, 0.25) is 0 Å². The summed E-state index contributed by atoms with van der Waals surface area (Å²) in [7, 11) is 0. The van der Waals surface area contributed by atoms with Crippen molar-refractivity contribution in [1.29, 1.82) is 0 Å². The van der Waals surface area contributed by atoms with Crippen LogP contribution in [0.2, 0.25) is 10.0 Å². The van der Waals surface area contributed by atoms with E-state index in [1.807, 2.05) is 38.1 Å². The molecule has 0 radical (unpaired) electrons. The Morgan fingerprint density at radius 2 is 1.63 bits per heavy atom. The first kappa shape index (κ1) is 21.2. The van der Waals surface area contributed by atoms with E-state index in [1.54, 1.807) is 30.3 Å². The number of thioether (sulfide) groups is 1. The van der Waals surface area contributed by atoms with Crippen molar-refractivity contribution in [3.63, 3.8) is 0 Å². The molecule has 0 aliphatic carbocycles. The van der Waals surface area contributed by atoms with Crippen LogP contribution in [0.15, 0.2) is 57.9 Å². The average Bonchev–Trinajstić information content (AvgIpc) is 3.13. The lowest BCUT2D eigenvalue weighted by molar-refractivity contribution is -0.113. The normalized spacial score (nSPS) is 15.5. The van der Waals surface area contributed by atoms with Crippen molar-refractivity contribution in [3.05, 3.63) is 84.9 Å². The van der Waals surface area contributed by atoms with E-state index >= 15 is 0 Å². The largest absolute Gasteiger partial charge is 0.318 e. The number of aryl methyl sites for hydroxylation is 1. The van der Waals surface area contributed by atoms with E-state index in [2.05, 4.69) is 20.5 Å². The number of anilines is 1. The van der Waals surface area contributed by atoms with Crippen molar-refractivity contribution in [2.24, 2.45) is 0 Å². The zero-order valence-corrected chi connectivity index (χ0v) is 19.9. The Morgan fingerprint density at radius 1 is 0.967 bits per heavy atom. The molecule has 1 fully saturated rings. The zero-order chi connectivity index (χ0) is 21.6. The lowest BCUT2D eigenvalue weighted by Crippen LogP contribution is -2.27. The fourth-order valence-corrected chi connectivity index (χ4v) is 4.76. The first-order chi connectivity index (χ1) is 14.3. The fraction of sp³-hybridized carbons (Fsp3) is 0.0909. The van der Waals surface area contributed by atoms with E-state index in [0.29, 0.717) is 20.6 Å². The van der Waals surface area contributed by atoms with Crippen molar-refractivity contribution < 1.29 is 9.59 Å². The number of nitrogens with zero attached hydrogens (tertiary/aromatic N) is 2. The van der Waals surface area contributed by atoms with Crippen LogP contribution in [0.25, 0.3) is 11.8 Å². The predicted molar refractivity (Wildman–Crippen MR) is 128 cm³/mol. The van der Waals surface area contributed by atoms with Gasteiger partial charge in [0, 0.05) is 26.6 Å². The first-order valence-corrected chi connectivity index (χ1v) is 11.3. The topological polar surface area (TPSA) is 42.3 Å². The number of hydrogen-bond donors (Lipinski definition) is 0. The Morgan fingerprint density at radius 3 is 2.30 bits per heavy atom. The Bertz CT molecular complexity index is 1220. The molecule has 0 unspecified atom stereocenters. The van der Waals surface area contributed by atoms with Crippen LogP contribution in [0.3, 0.4) is 0 Å². The molecular weight excluding hydrogens is 507 g/mol. The van der Waals surface area contributed by atoms with Gasteiger partial charge in [-0.25, -0.2) is 4.90 Å². The van der Waals surface area contributed by atoms with Crippen LogP contribution >= 0.6 is 50.9 Å². The fourth-order valence-electron chi connectivity index (χ4n) is 3.38. The van der Waals surface area contributed by atoms with Gasteiger partial charge < -0.3 is 4.57 Å². The van der Waals surface area contributed by atoms with Crippen molar-refractivity contribution in [1.82, 2.24) is 4.57 Å². The van der Waals surface area contributed by atoms with Gasteiger partial charge in [-0.3, -0.25) is 9.59 Å². The number of halogens is 3. The molecule has 0 spiro atoms. The monoisotopic (exact) mass is 520 g/mol. The van der Waals surface area contributed by atoms with Gasteiger partial charge in [-0.2, -0.15) is 0 Å². The van der Waals surface area contributed by atoms with Gasteiger partial charge in [-0.05, 0) is 102 Å².